The molecule has 0 unspecified atom stereocenters. The first kappa shape index (κ1) is 16.2. The molecule has 0 spiro atoms. The lowest BCUT2D eigenvalue weighted by atomic mass is 10.2. The maximum absolute atomic E-state index is 12.4. The summed E-state index contributed by atoms with van der Waals surface area (Å²) in [6, 6.07) is 3.14. The van der Waals surface area contributed by atoms with Gasteiger partial charge in [-0.15, -0.1) is 0 Å². The van der Waals surface area contributed by atoms with Crippen LogP contribution in [0.2, 0.25) is 10.2 Å². The fraction of sp³-hybridized carbons (Fsp3) is 0.538. The van der Waals surface area contributed by atoms with Gasteiger partial charge < -0.3 is 9.64 Å². The lowest BCUT2D eigenvalue weighted by molar-refractivity contribution is 0.0667. The number of hydrogen-bond donors (Lipinski definition) is 0. The van der Waals surface area contributed by atoms with Crippen molar-refractivity contribution in [2.24, 2.45) is 5.92 Å². The summed E-state index contributed by atoms with van der Waals surface area (Å²) in [6.45, 7) is 5.67. The number of methoxy groups -OCH3 is 1. The summed E-state index contributed by atoms with van der Waals surface area (Å²) in [5.41, 5.74) is 0.186. The molecule has 0 radical (unpaired) electrons. The van der Waals surface area contributed by atoms with Crippen LogP contribution in [0.15, 0.2) is 12.1 Å². The standard InChI is InChI=1S/C13H18Cl2N2O2/c1-9(2)8-17(6-7-19-3)13(18)12-10(14)4-5-11(15)16-12/h4-5,9H,6-8H2,1-3H3. The number of hydrogen-bond acceptors (Lipinski definition) is 3. The molecule has 106 valence electrons. The lowest BCUT2D eigenvalue weighted by Crippen LogP contribution is -2.37. The van der Waals surface area contributed by atoms with Crippen LogP contribution < -0.4 is 0 Å². The number of rotatable bonds is 6. The van der Waals surface area contributed by atoms with Crippen molar-refractivity contribution in [3.8, 4) is 0 Å². The van der Waals surface area contributed by atoms with E-state index in [0.29, 0.717) is 30.6 Å². The summed E-state index contributed by atoms with van der Waals surface area (Å²) >= 11 is 11.8. The van der Waals surface area contributed by atoms with Gasteiger partial charge in [-0.2, -0.15) is 0 Å². The summed E-state index contributed by atoms with van der Waals surface area (Å²) in [5, 5.41) is 0.560. The quantitative estimate of drug-likeness (QED) is 0.758. The summed E-state index contributed by atoms with van der Waals surface area (Å²) in [5.74, 6) is 0.122. The Hall–Kier alpha value is -0.840. The molecule has 0 N–H and O–H groups in total. The second-order valence-electron chi connectivity index (χ2n) is 4.60. The Morgan fingerprint density at radius 2 is 2.11 bits per heavy atom. The van der Waals surface area contributed by atoms with Crippen molar-refractivity contribution < 1.29 is 9.53 Å². The van der Waals surface area contributed by atoms with Gasteiger partial charge in [0.1, 0.15) is 10.8 Å². The molecule has 0 saturated heterocycles. The van der Waals surface area contributed by atoms with Crippen molar-refractivity contribution in [1.29, 1.82) is 0 Å². The van der Waals surface area contributed by atoms with E-state index >= 15 is 0 Å². The Labute approximate surface area is 123 Å². The van der Waals surface area contributed by atoms with Crippen LogP contribution in [0.4, 0.5) is 0 Å². The minimum atomic E-state index is -0.224. The molecule has 1 rings (SSSR count). The highest BCUT2D eigenvalue weighted by Crippen LogP contribution is 2.19. The third-order valence-electron chi connectivity index (χ3n) is 2.45. The first-order valence-corrected chi connectivity index (χ1v) is 6.81. The van der Waals surface area contributed by atoms with Gasteiger partial charge in [-0.05, 0) is 18.1 Å². The zero-order chi connectivity index (χ0) is 14.4. The van der Waals surface area contributed by atoms with E-state index in [1.54, 1.807) is 24.1 Å². The van der Waals surface area contributed by atoms with Crippen molar-refractivity contribution in [2.75, 3.05) is 26.8 Å². The molecule has 4 nitrogen and oxygen atoms in total. The Bertz CT molecular complexity index is 439. The Morgan fingerprint density at radius 3 is 2.68 bits per heavy atom. The molecule has 0 fully saturated rings. The average Bonchev–Trinajstić information content (AvgIpc) is 2.36. The number of aromatic nitrogens is 1. The van der Waals surface area contributed by atoms with Crippen LogP contribution in [-0.2, 0) is 4.74 Å². The van der Waals surface area contributed by atoms with Gasteiger partial charge in [-0.3, -0.25) is 4.79 Å². The largest absolute Gasteiger partial charge is 0.383 e. The smallest absolute Gasteiger partial charge is 0.274 e. The first-order chi connectivity index (χ1) is 8.95. The predicted molar refractivity (Wildman–Crippen MR) is 76.9 cm³/mol. The predicted octanol–water partition coefficient (Wildman–Crippen LogP) is 3.13. The normalized spacial score (nSPS) is 10.8. The zero-order valence-corrected chi connectivity index (χ0v) is 12.8. The van der Waals surface area contributed by atoms with Gasteiger partial charge in [0.15, 0.2) is 0 Å². The SMILES string of the molecule is COCCN(CC(C)C)C(=O)c1nc(Cl)ccc1Cl. The lowest BCUT2D eigenvalue weighted by Gasteiger charge is -2.24. The third kappa shape index (κ3) is 4.97. The Morgan fingerprint density at radius 1 is 1.42 bits per heavy atom. The zero-order valence-electron chi connectivity index (χ0n) is 11.3. The van der Waals surface area contributed by atoms with Gasteiger partial charge in [0.05, 0.1) is 11.6 Å². The monoisotopic (exact) mass is 304 g/mol. The maximum atomic E-state index is 12.4. The van der Waals surface area contributed by atoms with Crippen molar-refractivity contribution >= 4 is 29.1 Å². The summed E-state index contributed by atoms with van der Waals surface area (Å²) in [7, 11) is 1.60. The van der Waals surface area contributed by atoms with Crippen LogP contribution in [0, 0.1) is 5.92 Å². The van der Waals surface area contributed by atoms with Crippen molar-refractivity contribution in [3.63, 3.8) is 0 Å². The van der Waals surface area contributed by atoms with Crippen molar-refractivity contribution in [2.45, 2.75) is 13.8 Å². The first-order valence-electron chi connectivity index (χ1n) is 6.06. The maximum Gasteiger partial charge on any atom is 0.274 e. The molecule has 0 aromatic carbocycles. The van der Waals surface area contributed by atoms with E-state index in [0.717, 1.165) is 0 Å². The van der Waals surface area contributed by atoms with Crippen LogP contribution in [0.5, 0.6) is 0 Å². The van der Waals surface area contributed by atoms with Crippen LogP contribution in [0.1, 0.15) is 24.3 Å². The van der Waals surface area contributed by atoms with Gasteiger partial charge in [0.2, 0.25) is 0 Å². The van der Waals surface area contributed by atoms with E-state index in [2.05, 4.69) is 4.98 Å². The number of halogens is 2. The van der Waals surface area contributed by atoms with Gasteiger partial charge >= 0.3 is 0 Å². The van der Waals surface area contributed by atoms with Crippen LogP contribution in [-0.4, -0.2) is 42.6 Å². The van der Waals surface area contributed by atoms with E-state index in [1.807, 2.05) is 13.8 Å². The number of carbonyl (C=O) groups is 1. The van der Waals surface area contributed by atoms with Crippen molar-refractivity contribution in [3.05, 3.63) is 28.0 Å². The molecule has 6 heteroatoms. The topological polar surface area (TPSA) is 42.4 Å². The second kappa shape index (κ2) is 7.68. The third-order valence-corrected chi connectivity index (χ3v) is 2.97. The highest BCUT2D eigenvalue weighted by Gasteiger charge is 2.21. The van der Waals surface area contributed by atoms with Gasteiger partial charge in [0.25, 0.3) is 5.91 Å². The Balaban J connectivity index is 2.93. The van der Waals surface area contributed by atoms with Crippen LogP contribution in [0.3, 0.4) is 0 Å². The summed E-state index contributed by atoms with van der Waals surface area (Å²) in [4.78, 5) is 18.1. The number of amides is 1. The molecular formula is C13H18Cl2N2O2. The molecule has 0 atom stereocenters. The van der Waals surface area contributed by atoms with E-state index in [4.69, 9.17) is 27.9 Å². The minimum absolute atomic E-state index is 0.186. The highest BCUT2D eigenvalue weighted by atomic mass is 35.5. The highest BCUT2D eigenvalue weighted by molar-refractivity contribution is 6.34. The van der Waals surface area contributed by atoms with E-state index in [-0.39, 0.29) is 16.8 Å². The number of pyridine rings is 1. The number of ether oxygens (including phenoxy) is 1. The molecule has 1 amide bonds. The molecule has 1 aromatic heterocycles. The van der Waals surface area contributed by atoms with Gasteiger partial charge in [-0.1, -0.05) is 37.0 Å². The number of nitrogens with zero attached hydrogens (tertiary/aromatic N) is 2. The molecular weight excluding hydrogens is 287 g/mol. The van der Waals surface area contributed by atoms with E-state index < -0.39 is 0 Å². The molecule has 0 bridgehead atoms. The molecule has 0 saturated carbocycles. The summed E-state index contributed by atoms with van der Waals surface area (Å²) < 4.78 is 5.02. The van der Waals surface area contributed by atoms with E-state index in [9.17, 15) is 4.79 Å². The van der Waals surface area contributed by atoms with E-state index in [1.165, 1.54) is 0 Å². The second-order valence-corrected chi connectivity index (χ2v) is 5.40. The Kier molecular flexibility index (Phi) is 6.55. The molecule has 0 aliphatic heterocycles. The van der Waals surface area contributed by atoms with Crippen LogP contribution in [0.25, 0.3) is 0 Å². The number of carbonyl (C=O) groups excluding carboxylic acids is 1. The van der Waals surface area contributed by atoms with Gasteiger partial charge in [-0.25, -0.2) is 4.98 Å². The van der Waals surface area contributed by atoms with Crippen LogP contribution >= 0.6 is 23.2 Å². The average molecular weight is 305 g/mol. The molecule has 0 aliphatic carbocycles. The summed E-state index contributed by atoms with van der Waals surface area (Å²) in [6.07, 6.45) is 0. The fourth-order valence-electron chi connectivity index (χ4n) is 1.64. The molecule has 1 aromatic rings. The molecule has 19 heavy (non-hydrogen) atoms. The fourth-order valence-corrected chi connectivity index (χ4v) is 1.97. The molecule has 0 aliphatic rings. The molecule has 1 heterocycles. The van der Waals surface area contributed by atoms with Crippen molar-refractivity contribution in [1.82, 2.24) is 9.88 Å². The minimum Gasteiger partial charge on any atom is -0.383 e. The van der Waals surface area contributed by atoms with Gasteiger partial charge in [0, 0.05) is 20.2 Å².